The lowest BCUT2D eigenvalue weighted by molar-refractivity contribution is -0.139. The van der Waals surface area contributed by atoms with Crippen molar-refractivity contribution >= 4 is 28.9 Å². The van der Waals surface area contributed by atoms with Crippen molar-refractivity contribution in [3.63, 3.8) is 0 Å². The van der Waals surface area contributed by atoms with Gasteiger partial charge in [-0.15, -0.1) is 0 Å². The van der Waals surface area contributed by atoms with Crippen LogP contribution in [-0.4, -0.2) is 0 Å². The van der Waals surface area contributed by atoms with Gasteiger partial charge in [-0.05, 0) is 6.07 Å². The molecule has 2 nitrogen and oxygen atoms in total. The monoisotopic (exact) mass is 262 g/mol. The Morgan fingerprint density at radius 1 is 1.27 bits per heavy atom. The van der Waals surface area contributed by atoms with Crippen LogP contribution in [0.3, 0.4) is 0 Å². The van der Waals surface area contributed by atoms with Crippen molar-refractivity contribution in [2.75, 3.05) is 5.43 Å². The van der Waals surface area contributed by atoms with Gasteiger partial charge in [0.15, 0.2) is 5.82 Å². The van der Waals surface area contributed by atoms with Crippen molar-refractivity contribution < 1.29 is 17.6 Å². The van der Waals surface area contributed by atoms with Crippen LogP contribution in [0.4, 0.5) is 23.2 Å². The van der Waals surface area contributed by atoms with Gasteiger partial charge >= 0.3 is 6.18 Å². The highest BCUT2D eigenvalue weighted by atomic mass is 35.5. The molecule has 0 unspecified atom stereocenters. The average molecular weight is 263 g/mol. The fourth-order valence-corrected chi connectivity index (χ4v) is 1.50. The molecular weight excluding hydrogens is 259 g/mol. The third kappa shape index (κ3) is 2.27. The van der Waals surface area contributed by atoms with Crippen LogP contribution >= 0.6 is 23.2 Å². The van der Waals surface area contributed by atoms with Gasteiger partial charge < -0.3 is 5.43 Å². The summed E-state index contributed by atoms with van der Waals surface area (Å²) in [4.78, 5) is 0. The van der Waals surface area contributed by atoms with Gasteiger partial charge in [0, 0.05) is 0 Å². The molecule has 0 heterocycles. The van der Waals surface area contributed by atoms with Crippen LogP contribution in [0, 0.1) is 5.82 Å². The van der Waals surface area contributed by atoms with E-state index in [0.717, 1.165) is 0 Å². The lowest BCUT2D eigenvalue weighted by atomic mass is 10.2. The van der Waals surface area contributed by atoms with Crippen LogP contribution < -0.4 is 11.3 Å². The molecule has 0 saturated heterocycles. The Morgan fingerprint density at radius 2 is 1.80 bits per heavy atom. The number of hydrazine groups is 1. The van der Waals surface area contributed by atoms with Gasteiger partial charge in [0.05, 0.1) is 16.3 Å². The summed E-state index contributed by atoms with van der Waals surface area (Å²) in [5.41, 5.74) is 0.0926. The van der Waals surface area contributed by atoms with Gasteiger partial charge in [0.2, 0.25) is 0 Å². The summed E-state index contributed by atoms with van der Waals surface area (Å²) in [6, 6.07) is 0.415. The summed E-state index contributed by atoms with van der Waals surface area (Å²) < 4.78 is 49.8. The zero-order chi connectivity index (χ0) is 11.8. The van der Waals surface area contributed by atoms with Crippen molar-refractivity contribution in [2.24, 2.45) is 5.84 Å². The highest BCUT2D eigenvalue weighted by Gasteiger charge is 2.36. The Labute approximate surface area is 91.9 Å². The maximum Gasteiger partial charge on any atom is 0.419 e. The standard InChI is InChI=1S/C7H4Cl2F4N2/c8-3-1-2(7(11,12)13)5(10)4(9)6(3)15-14/h1,15H,14H2. The van der Waals surface area contributed by atoms with Crippen molar-refractivity contribution in [1.82, 2.24) is 0 Å². The lowest BCUT2D eigenvalue weighted by Gasteiger charge is -2.13. The molecule has 15 heavy (non-hydrogen) atoms. The van der Waals surface area contributed by atoms with Gasteiger partial charge in [-0.1, -0.05) is 23.2 Å². The van der Waals surface area contributed by atoms with E-state index in [1.54, 1.807) is 0 Å². The first kappa shape index (κ1) is 12.4. The molecule has 0 aliphatic heterocycles. The Balaban J connectivity index is 3.48. The molecule has 0 aliphatic rings. The molecule has 0 bridgehead atoms. The van der Waals surface area contributed by atoms with E-state index in [9.17, 15) is 17.6 Å². The summed E-state index contributed by atoms with van der Waals surface area (Å²) in [5.74, 6) is 3.30. The van der Waals surface area contributed by atoms with E-state index in [4.69, 9.17) is 29.0 Å². The first-order valence-electron chi connectivity index (χ1n) is 3.50. The number of rotatable bonds is 1. The number of benzene rings is 1. The maximum absolute atomic E-state index is 13.1. The summed E-state index contributed by atoms with van der Waals surface area (Å²) in [6.07, 6.45) is -4.86. The molecule has 0 atom stereocenters. The molecular formula is C7H4Cl2F4N2. The summed E-state index contributed by atoms with van der Waals surface area (Å²) in [7, 11) is 0. The van der Waals surface area contributed by atoms with Crippen LogP contribution in [0.5, 0.6) is 0 Å². The molecule has 3 N–H and O–H groups in total. The number of nitrogen functional groups attached to an aromatic ring is 1. The second-order valence-corrected chi connectivity index (χ2v) is 3.34. The third-order valence-corrected chi connectivity index (χ3v) is 2.26. The Hall–Kier alpha value is -0.720. The lowest BCUT2D eigenvalue weighted by Crippen LogP contribution is -2.13. The molecule has 1 rings (SSSR count). The summed E-state index contributed by atoms with van der Waals surface area (Å²) >= 11 is 10.7. The van der Waals surface area contributed by atoms with E-state index in [2.05, 4.69) is 0 Å². The predicted molar refractivity (Wildman–Crippen MR) is 49.2 cm³/mol. The topological polar surface area (TPSA) is 38.0 Å². The first-order chi connectivity index (χ1) is 6.79. The van der Waals surface area contributed by atoms with E-state index in [-0.39, 0.29) is 5.69 Å². The first-order valence-corrected chi connectivity index (χ1v) is 4.26. The van der Waals surface area contributed by atoms with Crippen molar-refractivity contribution in [3.05, 3.63) is 27.5 Å². The second-order valence-electron chi connectivity index (χ2n) is 2.55. The number of halogens is 6. The fraction of sp³-hybridized carbons (Fsp3) is 0.143. The number of anilines is 1. The van der Waals surface area contributed by atoms with Crippen molar-refractivity contribution in [1.29, 1.82) is 0 Å². The molecule has 0 fully saturated rings. The van der Waals surface area contributed by atoms with Gasteiger partial charge in [-0.25, -0.2) is 4.39 Å². The van der Waals surface area contributed by atoms with Gasteiger partial charge in [-0.3, -0.25) is 5.84 Å². The molecule has 0 saturated carbocycles. The van der Waals surface area contributed by atoms with Crippen LogP contribution in [0.2, 0.25) is 10.0 Å². The smallest absolute Gasteiger partial charge is 0.321 e. The number of nitrogens with two attached hydrogens (primary N) is 1. The van der Waals surface area contributed by atoms with Crippen molar-refractivity contribution in [2.45, 2.75) is 6.18 Å². The maximum atomic E-state index is 13.1. The normalized spacial score (nSPS) is 11.7. The molecule has 84 valence electrons. The molecule has 8 heteroatoms. The Kier molecular flexibility index (Phi) is 3.32. The summed E-state index contributed by atoms with van der Waals surface area (Å²) in [5, 5.41) is -1.20. The number of hydrogen-bond donors (Lipinski definition) is 2. The van der Waals surface area contributed by atoms with E-state index in [1.165, 1.54) is 0 Å². The van der Waals surface area contributed by atoms with Gasteiger partial charge in [0.1, 0.15) is 5.02 Å². The van der Waals surface area contributed by atoms with Gasteiger partial charge in [-0.2, -0.15) is 13.2 Å². The minimum Gasteiger partial charge on any atom is -0.321 e. The largest absolute Gasteiger partial charge is 0.419 e. The molecule has 0 aromatic heterocycles. The fourth-order valence-electron chi connectivity index (χ4n) is 0.934. The molecule has 1 aromatic rings. The molecule has 0 amide bonds. The third-order valence-electron chi connectivity index (χ3n) is 1.61. The van der Waals surface area contributed by atoms with Crippen LogP contribution in [-0.2, 0) is 6.18 Å². The van der Waals surface area contributed by atoms with E-state index >= 15 is 0 Å². The predicted octanol–water partition coefficient (Wildman–Crippen LogP) is 3.44. The van der Waals surface area contributed by atoms with E-state index < -0.39 is 27.6 Å². The number of nitrogens with one attached hydrogen (secondary N) is 1. The van der Waals surface area contributed by atoms with Gasteiger partial charge in [0.25, 0.3) is 0 Å². The van der Waals surface area contributed by atoms with Crippen LogP contribution in [0.25, 0.3) is 0 Å². The average Bonchev–Trinajstić information content (AvgIpc) is 2.10. The second kappa shape index (κ2) is 4.03. The number of alkyl halides is 3. The highest BCUT2D eigenvalue weighted by molar-refractivity contribution is 6.39. The Bertz CT molecular complexity index is 392. The number of hydrogen-bond acceptors (Lipinski definition) is 2. The van der Waals surface area contributed by atoms with Crippen LogP contribution in [0.15, 0.2) is 6.07 Å². The molecule has 0 radical (unpaired) electrons. The van der Waals surface area contributed by atoms with Crippen molar-refractivity contribution in [3.8, 4) is 0 Å². The zero-order valence-electron chi connectivity index (χ0n) is 6.92. The summed E-state index contributed by atoms with van der Waals surface area (Å²) in [6.45, 7) is 0. The van der Waals surface area contributed by atoms with E-state index in [0.29, 0.717) is 6.07 Å². The minimum atomic E-state index is -4.86. The Morgan fingerprint density at radius 3 is 2.20 bits per heavy atom. The SMILES string of the molecule is NNc1c(Cl)cc(C(F)(F)F)c(F)c1Cl. The minimum absolute atomic E-state index is 0.288. The molecule has 1 aromatic carbocycles. The highest BCUT2D eigenvalue weighted by Crippen LogP contribution is 2.40. The molecule has 0 spiro atoms. The van der Waals surface area contributed by atoms with E-state index in [1.807, 2.05) is 5.43 Å². The quantitative estimate of drug-likeness (QED) is 0.352. The van der Waals surface area contributed by atoms with Crippen LogP contribution in [0.1, 0.15) is 5.56 Å². The molecule has 0 aliphatic carbocycles. The zero-order valence-corrected chi connectivity index (χ0v) is 8.43.